The van der Waals surface area contributed by atoms with E-state index in [-0.39, 0.29) is 6.61 Å². The van der Waals surface area contributed by atoms with Crippen molar-refractivity contribution in [3.63, 3.8) is 0 Å². The summed E-state index contributed by atoms with van der Waals surface area (Å²) in [5.41, 5.74) is 0. The lowest BCUT2D eigenvalue weighted by Crippen LogP contribution is -2.30. The van der Waals surface area contributed by atoms with Gasteiger partial charge in [0.15, 0.2) is 0 Å². The van der Waals surface area contributed by atoms with Gasteiger partial charge in [0.05, 0.1) is 0 Å². The van der Waals surface area contributed by atoms with Crippen LogP contribution in [0.2, 0.25) is 0 Å². The number of aliphatic hydroxyl groups is 2. The summed E-state index contributed by atoms with van der Waals surface area (Å²) in [6, 6.07) is 0. The Kier molecular flexibility index (Phi) is 18.8. The van der Waals surface area contributed by atoms with Gasteiger partial charge in [-0.2, -0.15) is 0 Å². The number of nitrogens with one attached hydrogen (secondary N) is 1. The maximum absolute atomic E-state index is 9.38. The highest BCUT2D eigenvalue weighted by Gasteiger charge is 2.00. The van der Waals surface area contributed by atoms with Crippen molar-refractivity contribution in [2.24, 2.45) is 0 Å². The molecular weight excluding hydrogens is 274 g/mol. The van der Waals surface area contributed by atoms with E-state index in [0.717, 1.165) is 13.0 Å². The summed E-state index contributed by atoms with van der Waals surface area (Å²) in [5, 5.41) is 21.1. The second-order valence-electron chi connectivity index (χ2n) is 6.58. The van der Waals surface area contributed by atoms with E-state index >= 15 is 0 Å². The first kappa shape index (κ1) is 21.9. The lowest BCUT2D eigenvalue weighted by molar-refractivity contribution is 0.102. The van der Waals surface area contributed by atoms with E-state index < -0.39 is 6.23 Å². The molecule has 1 unspecified atom stereocenters. The Morgan fingerprint density at radius 3 is 1.50 bits per heavy atom. The van der Waals surface area contributed by atoms with Crippen molar-refractivity contribution in [1.29, 1.82) is 0 Å². The van der Waals surface area contributed by atoms with Crippen LogP contribution in [0.5, 0.6) is 0 Å². The summed E-state index contributed by atoms with van der Waals surface area (Å²) in [5.74, 6) is 0. The fourth-order valence-corrected chi connectivity index (χ4v) is 2.81. The first-order valence-electron chi connectivity index (χ1n) is 9.83. The number of hydrogen-bond acceptors (Lipinski definition) is 3. The molecule has 0 aromatic carbocycles. The highest BCUT2D eigenvalue weighted by atomic mass is 16.3. The molecule has 0 aliphatic carbocycles. The van der Waals surface area contributed by atoms with E-state index in [2.05, 4.69) is 12.2 Å². The van der Waals surface area contributed by atoms with Gasteiger partial charge in [-0.25, -0.2) is 0 Å². The summed E-state index contributed by atoms with van der Waals surface area (Å²) >= 11 is 0. The molecule has 0 spiro atoms. The standard InChI is InChI=1S/C19H41NO2/c1-2-3-4-5-6-7-8-9-10-11-12-13-14-15-17-20-19(22)16-18-21/h19-22H,2-18H2,1H3. The van der Waals surface area contributed by atoms with Crippen LogP contribution in [-0.2, 0) is 0 Å². The van der Waals surface area contributed by atoms with Crippen LogP contribution in [0.1, 0.15) is 103 Å². The fourth-order valence-electron chi connectivity index (χ4n) is 2.81. The van der Waals surface area contributed by atoms with Crippen LogP contribution in [-0.4, -0.2) is 29.6 Å². The predicted octanol–water partition coefficient (Wildman–Crippen LogP) is 4.76. The summed E-state index contributed by atoms with van der Waals surface area (Å²) in [6.07, 6.45) is 19.1. The Morgan fingerprint density at radius 2 is 1.09 bits per heavy atom. The fraction of sp³-hybridized carbons (Fsp3) is 1.00. The van der Waals surface area contributed by atoms with E-state index in [1.54, 1.807) is 0 Å². The van der Waals surface area contributed by atoms with Gasteiger partial charge < -0.3 is 10.2 Å². The van der Waals surface area contributed by atoms with Gasteiger partial charge in [-0.3, -0.25) is 5.32 Å². The van der Waals surface area contributed by atoms with E-state index in [1.165, 1.54) is 83.5 Å². The third kappa shape index (κ3) is 17.9. The van der Waals surface area contributed by atoms with Gasteiger partial charge in [-0.1, -0.05) is 90.4 Å². The largest absolute Gasteiger partial charge is 0.396 e. The van der Waals surface area contributed by atoms with Crippen molar-refractivity contribution in [3.05, 3.63) is 0 Å². The molecule has 0 bridgehead atoms. The zero-order chi connectivity index (χ0) is 16.3. The van der Waals surface area contributed by atoms with E-state index in [9.17, 15) is 5.11 Å². The number of rotatable bonds is 18. The first-order chi connectivity index (χ1) is 10.8. The van der Waals surface area contributed by atoms with Crippen molar-refractivity contribution < 1.29 is 10.2 Å². The average Bonchev–Trinajstić information content (AvgIpc) is 2.51. The molecule has 134 valence electrons. The minimum absolute atomic E-state index is 0.0485. The van der Waals surface area contributed by atoms with Crippen molar-refractivity contribution in [3.8, 4) is 0 Å². The van der Waals surface area contributed by atoms with Gasteiger partial charge in [0.1, 0.15) is 6.23 Å². The molecule has 0 rings (SSSR count). The number of unbranched alkanes of at least 4 members (excludes halogenated alkanes) is 13. The molecule has 0 saturated heterocycles. The Labute approximate surface area is 138 Å². The number of aliphatic hydroxyl groups excluding tert-OH is 2. The SMILES string of the molecule is CCCCCCCCCCCCCCCCNC(O)CCO. The zero-order valence-electron chi connectivity index (χ0n) is 15.0. The molecule has 3 N–H and O–H groups in total. The third-order valence-electron chi connectivity index (χ3n) is 4.31. The lowest BCUT2D eigenvalue weighted by Gasteiger charge is -2.10. The van der Waals surface area contributed by atoms with Gasteiger partial charge in [0.25, 0.3) is 0 Å². The van der Waals surface area contributed by atoms with Crippen LogP contribution in [0.3, 0.4) is 0 Å². The van der Waals surface area contributed by atoms with Crippen LogP contribution in [0, 0.1) is 0 Å². The molecule has 22 heavy (non-hydrogen) atoms. The number of hydrogen-bond donors (Lipinski definition) is 3. The van der Waals surface area contributed by atoms with Crippen LogP contribution in [0.4, 0.5) is 0 Å². The summed E-state index contributed by atoms with van der Waals surface area (Å²) in [4.78, 5) is 0. The highest BCUT2D eigenvalue weighted by Crippen LogP contribution is 2.12. The first-order valence-corrected chi connectivity index (χ1v) is 9.83. The predicted molar refractivity (Wildman–Crippen MR) is 96.0 cm³/mol. The van der Waals surface area contributed by atoms with Crippen molar-refractivity contribution in [1.82, 2.24) is 5.32 Å². The smallest absolute Gasteiger partial charge is 0.107 e. The zero-order valence-corrected chi connectivity index (χ0v) is 15.0. The minimum Gasteiger partial charge on any atom is -0.396 e. The Balaban J connectivity index is 3.00. The van der Waals surface area contributed by atoms with Gasteiger partial charge in [0, 0.05) is 13.0 Å². The molecule has 3 heteroatoms. The van der Waals surface area contributed by atoms with Crippen molar-refractivity contribution in [2.75, 3.05) is 13.2 Å². The van der Waals surface area contributed by atoms with Crippen LogP contribution < -0.4 is 5.32 Å². The molecule has 0 aromatic rings. The maximum Gasteiger partial charge on any atom is 0.107 e. The molecule has 0 amide bonds. The molecule has 1 atom stereocenters. The summed E-state index contributed by atoms with van der Waals surface area (Å²) in [7, 11) is 0. The van der Waals surface area contributed by atoms with Gasteiger partial charge in [-0.05, 0) is 13.0 Å². The molecule has 0 radical (unpaired) electrons. The maximum atomic E-state index is 9.38. The summed E-state index contributed by atoms with van der Waals surface area (Å²) in [6.45, 7) is 3.18. The molecule has 0 heterocycles. The Hall–Kier alpha value is -0.120. The Morgan fingerprint density at radius 1 is 0.682 bits per heavy atom. The summed E-state index contributed by atoms with van der Waals surface area (Å²) < 4.78 is 0. The second-order valence-corrected chi connectivity index (χ2v) is 6.58. The van der Waals surface area contributed by atoms with E-state index in [1.807, 2.05) is 0 Å². The molecule has 0 aliphatic heterocycles. The average molecular weight is 316 g/mol. The van der Waals surface area contributed by atoms with Crippen molar-refractivity contribution >= 4 is 0 Å². The highest BCUT2D eigenvalue weighted by molar-refractivity contribution is 4.54. The molecule has 0 fully saturated rings. The van der Waals surface area contributed by atoms with Crippen LogP contribution in [0.25, 0.3) is 0 Å². The molecule has 0 aliphatic rings. The molecule has 0 aromatic heterocycles. The van der Waals surface area contributed by atoms with Gasteiger partial charge >= 0.3 is 0 Å². The van der Waals surface area contributed by atoms with Gasteiger partial charge in [-0.15, -0.1) is 0 Å². The van der Waals surface area contributed by atoms with Crippen molar-refractivity contribution in [2.45, 2.75) is 109 Å². The molecule has 3 nitrogen and oxygen atoms in total. The van der Waals surface area contributed by atoms with E-state index in [4.69, 9.17) is 5.11 Å². The second kappa shape index (κ2) is 18.9. The lowest BCUT2D eigenvalue weighted by atomic mass is 10.0. The third-order valence-corrected chi connectivity index (χ3v) is 4.31. The Bertz CT molecular complexity index is 200. The van der Waals surface area contributed by atoms with Gasteiger partial charge in [0.2, 0.25) is 0 Å². The monoisotopic (exact) mass is 315 g/mol. The van der Waals surface area contributed by atoms with Crippen LogP contribution >= 0.6 is 0 Å². The minimum atomic E-state index is -0.535. The topological polar surface area (TPSA) is 52.5 Å². The van der Waals surface area contributed by atoms with E-state index in [0.29, 0.717) is 6.42 Å². The molecule has 0 saturated carbocycles. The normalized spacial score (nSPS) is 12.7. The van der Waals surface area contributed by atoms with Crippen LogP contribution in [0.15, 0.2) is 0 Å². The molecular formula is C19H41NO2. The quantitative estimate of drug-likeness (QED) is 0.252.